The van der Waals surface area contributed by atoms with Gasteiger partial charge in [-0.05, 0) is 33.1 Å². The quantitative estimate of drug-likeness (QED) is 0.567. The minimum Gasteiger partial charge on any atom is -0.373 e. The Morgan fingerprint density at radius 1 is 1.48 bits per heavy atom. The molecule has 0 spiro atoms. The zero-order valence-electron chi connectivity index (χ0n) is 14.0. The van der Waals surface area contributed by atoms with Crippen molar-refractivity contribution in [2.45, 2.75) is 51.7 Å². The molecule has 0 aliphatic carbocycles. The molecule has 2 unspecified atom stereocenters. The van der Waals surface area contributed by atoms with Crippen molar-refractivity contribution >= 4 is 11.9 Å². The molecule has 1 aliphatic rings. The van der Waals surface area contributed by atoms with E-state index in [0.29, 0.717) is 18.5 Å². The third kappa shape index (κ3) is 6.33. The first-order chi connectivity index (χ1) is 9.86. The van der Waals surface area contributed by atoms with E-state index in [2.05, 4.69) is 36.4 Å². The van der Waals surface area contributed by atoms with Gasteiger partial charge in [0.15, 0.2) is 5.96 Å². The number of nitrogens with one attached hydrogen (secondary N) is 2. The first-order valence-electron chi connectivity index (χ1n) is 7.75. The lowest BCUT2D eigenvalue weighted by atomic mass is 10.0. The van der Waals surface area contributed by atoms with Crippen molar-refractivity contribution < 1.29 is 9.53 Å². The van der Waals surface area contributed by atoms with Gasteiger partial charge in [-0.25, -0.2) is 4.99 Å². The third-order valence-electron chi connectivity index (χ3n) is 3.80. The van der Waals surface area contributed by atoms with Crippen LogP contribution < -0.4 is 10.6 Å². The van der Waals surface area contributed by atoms with E-state index >= 15 is 0 Å². The van der Waals surface area contributed by atoms with Crippen LogP contribution in [0.3, 0.4) is 0 Å². The van der Waals surface area contributed by atoms with Crippen LogP contribution in [0.1, 0.15) is 40.0 Å². The number of rotatable bonds is 6. The fourth-order valence-corrected chi connectivity index (χ4v) is 2.02. The zero-order chi connectivity index (χ0) is 15.9. The molecule has 6 heteroatoms. The molecule has 21 heavy (non-hydrogen) atoms. The Balaban J connectivity index is 2.58. The highest BCUT2D eigenvalue weighted by Crippen LogP contribution is 2.23. The van der Waals surface area contributed by atoms with Gasteiger partial charge in [-0.1, -0.05) is 6.92 Å². The van der Waals surface area contributed by atoms with Gasteiger partial charge in [0, 0.05) is 33.3 Å². The first-order valence-corrected chi connectivity index (χ1v) is 7.75. The summed E-state index contributed by atoms with van der Waals surface area (Å²) in [6.07, 6.45) is 3.14. The number of hydrogen-bond donors (Lipinski definition) is 2. The van der Waals surface area contributed by atoms with Gasteiger partial charge in [0.2, 0.25) is 5.91 Å². The van der Waals surface area contributed by atoms with Crippen LogP contribution in [0.5, 0.6) is 0 Å². The van der Waals surface area contributed by atoms with E-state index in [9.17, 15) is 4.79 Å². The van der Waals surface area contributed by atoms with Crippen molar-refractivity contribution in [2.24, 2.45) is 4.99 Å². The second-order valence-corrected chi connectivity index (χ2v) is 6.16. The first kappa shape index (κ1) is 17.8. The van der Waals surface area contributed by atoms with Crippen molar-refractivity contribution in [1.29, 1.82) is 0 Å². The van der Waals surface area contributed by atoms with E-state index < -0.39 is 0 Å². The van der Waals surface area contributed by atoms with Gasteiger partial charge >= 0.3 is 0 Å². The summed E-state index contributed by atoms with van der Waals surface area (Å²) in [6, 6.07) is 0.308. The van der Waals surface area contributed by atoms with Crippen molar-refractivity contribution in [3.05, 3.63) is 0 Å². The number of nitrogens with zero attached hydrogens (tertiary/aromatic N) is 2. The van der Waals surface area contributed by atoms with Gasteiger partial charge < -0.3 is 20.3 Å². The molecular formula is C15H30N4O2. The fourth-order valence-electron chi connectivity index (χ4n) is 2.02. The number of carbonyl (C=O) groups is 1. The molecule has 0 saturated carbocycles. The highest BCUT2D eigenvalue weighted by atomic mass is 16.5. The van der Waals surface area contributed by atoms with E-state index in [1.165, 1.54) is 0 Å². The van der Waals surface area contributed by atoms with Crippen LogP contribution in [0.15, 0.2) is 4.99 Å². The molecule has 1 amide bonds. The molecule has 1 saturated heterocycles. The molecule has 1 fully saturated rings. The number of ether oxygens (including phenoxy) is 1. The van der Waals surface area contributed by atoms with E-state index in [1.54, 1.807) is 19.0 Å². The maximum atomic E-state index is 11.7. The number of aliphatic imine (C=N–C) groups is 1. The summed E-state index contributed by atoms with van der Waals surface area (Å²) in [7, 11) is 3.47. The molecule has 1 heterocycles. The van der Waals surface area contributed by atoms with Crippen molar-refractivity contribution in [2.75, 3.05) is 33.8 Å². The normalized spacial score (nSPS) is 23.8. The molecule has 0 bridgehead atoms. The Morgan fingerprint density at radius 2 is 2.19 bits per heavy atom. The number of hydrogen-bond acceptors (Lipinski definition) is 3. The van der Waals surface area contributed by atoms with Gasteiger partial charge in [-0.15, -0.1) is 0 Å². The summed E-state index contributed by atoms with van der Waals surface area (Å²) >= 11 is 0. The Kier molecular flexibility index (Phi) is 6.95. The molecule has 6 nitrogen and oxygen atoms in total. The smallest absolute Gasteiger partial charge is 0.243 e. The maximum Gasteiger partial charge on any atom is 0.243 e. The van der Waals surface area contributed by atoms with Gasteiger partial charge in [0.1, 0.15) is 6.54 Å². The summed E-state index contributed by atoms with van der Waals surface area (Å²) in [5, 5.41) is 6.62. The van der Waals surface area contributed by atoms with E-state index in [0.717, 1.165) is 25.9 Å². The molecule has 0 radical (unpaired) electrons. The van der Waals surface area contributed by atoms with Gasteiger partial charge in [0.05, 0.1) is 5.60 Å². The van der Waals surface area contributed by atoms with Crippen LogP contribution in [0, 0.1) is 0 Å². The average molecular weight is 298 g/mol. The minimum atomic E-state index is -0.135. The Bertz CT molecular complexity index is 363. The minimum absolute atomic E-state index is 0.0106. The lowest BCUT2D eigenvalue weighted by Crippen LogP contribution is -2.48. The summed E-state index contributed by atoms with van der Waals surface area (Å²) in [6.45, 7) is 7.99. The molecule has 2 atom stereocenters. The molecule has 0 aromatic heterocycles. The van der Waals surface area contributed by atoms with E-state index in [1.807, 2.05) is 0 Å². The van der Waals surface area contributed by atoms with Crippen molar-refractivity contribution in [1.82, 2.24) is 15.5 Å². The molecule has 0 aromatic rings. The standard InChI is InChI=1S/C15H30N4O2/c1-6-12(2)18-14(16-10-13(20)19(4)5)17-11-15(3)8-7-9-21-15/h12H,6-11H2,1-5H3,(H2,16,17,18). The maximum absolute atomic E-state index is 11.7. The van der Waals surface area contributed by atoms with Crippen molar-refractivity contribution in [3.63, 3.8) is 0 Å². The summed E-state index contributed by atoms with van der Waals surface area (Å²) in [5.74, 6) is 0.667. The monoisotopic (exact) mass is 298 g/mol. The lowest BCUT2D eigenvalue weighted by molar-refractivity contribution is -0.127. The van der Waals surface area contributed by atoms with Crippen LogP contribution in [-0.2, 0) is 9.53 Å². The molecular weight excluding hydrogens is 268 g/mol. The predicted octanol–water partition coefficient (Wildman–Crippen LogP) is 0.977. The topological polar surface area (TPSA) is 66.0 Å². The van der Waals surface area contributed by atoms with Crippen LogP contribution in [0.2, 0.25) is 0 Å². The molecule has 0 aromatic carbocycles. The summed E-state index contributed by atoms with van der Waals surface area (Å²) < 4.78 is 5.77. The summed E-state index contributed by atoms with van der Waals surface area (Å²) in [5.41, 5.74) is -0.135. The number of amides is 1. The average Bonchev–Trinajstić information content (AvgIpc) is 2.88. The predicted molar refractivity (Wildman–Crippen MR) is 85.5 cm³/mol. The van der Waals surface area contributed by atoms with E-state index in [-0.39, 0.29) is 18.1 Å². The Morgan fingerprint density at radius 3 is 2.71 bits per heavy atom. The number of carbonyl (C=O) groups excluding carboxylic acids is 1. The third-order valence-corrected chi connectivity index (χ3v) is 3.80. The van der Waals surface area contributed by atoms with Crippen LogP contribution in [-0.4, -0.2) is 62.2 Å². The van der Waals surface area contributed by atoms with E-state index in [4.69, 9.17) is 4.74 Å². The second-order valence-electron chi connectivity index (χ2n) is 6.16. The summed E-state index contributed by atoms with van der Waals surface area (Å²) in [4.78, 5) is 17.6. The van der Waals surface area contributed by atoms with Gasteiger partial charge in [-0.3, -0.25) is 4.79 Å². The largest absolute Gasteiger partial charge is 0.373 e. The van der Waals surface area contributed by atoms with Gasteiger partial charge in [0.25, 0.3) is 0 Å². The number of guanidine groups is 1. The molecule has 1 aliphatic heterocycles. The second kappa shape index (κ2) is 8.22. The zero-order valence-corrected chi connectivity index (χ0v) is 14.0. The van der Waals surface area contributed by atoms with Crippen LogP contribution >= 0.6 is 0 Å². The molecule has 1 rings (SSSR count). The Labute approximate surface area is 128 Å². The molecule has 2 N–H and O–H groups in total. The van der Waals surface area contributed by atoms with Crippen LogP contribution in [0.4, 0.5) is 0 Å². The lowest BCUT2D eigenvalue weighted by Gasteiger charge is -2.26. The SMILES string of the molecule is CCC(C)NC(=NCC(=O)N(C)C)NCC1(C)CCCO1. The van der Waals surface area contributed by atoms with Crippen LogP contribution in [0.25, 0.3) is 0 Å². The molecule has 122 valence electrons. The van der Waals surface area contributed by atoms with Gasteiger partial charge in [-0.2, -0.15) is 0 Å². The highest BCUT2D eigenvalue weighted by molar-refractivity contribution is 5.84. The Hall–Kier alpha value is -1.30. The fraction of sp³-hybridized carbons (Fsp3) is 0.867. The highest BCUT2D eigenvalue weighted by Gasteiger charge is 2.29. The van der Waals surface area contributed by atoms with Crippen molar-refractivity contribution in [3.8, 4) is 0 Å². The number of likely N-dealkylation sites (N-methyl/N-ethyl adjacent to an activating group) is 1.